The molecule has 0 unspecified atom stereocenters. The Bertz CT molecular complexity index is 1400. The molecule has 4 aromatic rings. The van der Waals surface area contributed by atoms with Gasteiger partial charge in [0.05, 0.1) is 16.9 Å². The molecule has 36 heavy (non-hydrogen) atoms. The number of nitrogens with zero attached hydrogens (tertiary/aromatic N) is 4. The summed E-state index contributed by atoms with van der Waals surface area (Å²) in [7, 11) is 0. The lowest BCUT2D eigenvalue weighted by Gasteiger charge is -2.33. The minimum Gasteiger partial charge on any atom is -0.264 e. The van der Waals surface area contributed by atoms with Gasteiger partial charge in [0.15, 0.2) is 0 Å². The van der Waals surface area contributed by atoms with Gasteiger partial charge in [-0.2, -0.15) is 0 Å². The zero-order valence-corrected chi connectivity index (χ0v) is 23.8. The van der Waals surface area contributed by atoms with E-state index in [1.54, 1.807) is 0 Å². The van der Waals surface area contributed by atoms with Crippen molar-refractivity contribution in [1.82, 2.24) is 19.9 Å². The molecule has 190 valence electrons. The minimum atomic E-state index is -0.120. The third kappa shape index (κ3) is 5.14. The van der Waals surface area contributed by atoms with Gasteiger partial charge in [-0.15, -0.1) is 0 Å². The van der Waals surface area contributed by atoms with E-state index in [1.807, 2.05) is 24.7 Å². The van der Waals surface area contributed by atoms with Crippen molar-refractivity contribution in [3.8, 4) is 0 Å². The molecule has 0 saturated heterocycles. The molecule has 0 spiro atoms. The van der Waals surface area contributed by atoms with Crippen LogP contribution in [0.5, 0.6) is 0 Å². The Hall–Kier alpha value is -2.88. The first kappa shape index (κ1) is 26.2. The van der Waals surface area contributed by atoms with Crippen LogP contribution in [0, 0.1) is 0 Å². The molecule has 0 aliphatic carbocycles. The van der Waals surface area contributed by atoms with Gasteiger partial charge in [-0.25, -0.2) is 0 Å². The second kappa shape index (κ2) is 8.90. The van der Waals surface area contributed by atoms with Gasteiger partial charge in [0.25, 0.3) is 0 Å². The van der Waals surface area contributed by atoms with Crippen LogP contribution in [-0.2, 0) is 21.7 Å². The highest BCUT2D eigenvalue weighted by Gasteiger charge is 2.33. The monoisotopic (exact) mass is 482 g/mol. The van der Waals surface area contributed by atoms with Crippen LogP contribution < -0.4 is 0 Å². The Morgan fingerprint density at radius 3 is 1.94 bits per heavy atom. The number of rotatable bonds is 5. The Morgan fingerprint density at radius 2 is 1.28 bits per heavy atom. The molecule has 0 amide bonds. The summed E-state index contributed by atoms with van der Waals surface area (Å²) in [6.45, 7) is 22.6. The molecule has 4 heteroatoms. The van der Waals surface area contributed by atoms with E-state index in [2.05, 4.69) is 103 Å². The van der Waals surface area contributed by atoms with Crippen LogP contribution in [0.3, 0.4) is 0 Å². The maximum atomic E-state index is 5.24. The van der Waals surface area contributed by atoms with Crippen molar-refractivity contribution in [2.45, 2.75) is 104 Å². The Morgan fingerprint density at radius 1 is 0.639 bits per heavy atom. The number of hydrogen-bond acceptors (Lipinski definition) is 4. The van der Waals surface area contributed by atoms with E-state index in [1.165, 1.54) is 5.39 Å². The second-order valence-corrected chi connectivity index (χ2v) is 13.7. The zero-order valence-electron chi connectivity index (χ0n) is 23.8. The van der Waals surface area contributed by atoms with Crippen molar-refractivity contribution in [1.29, 1.82) is 0 Å². The lowest BCUT2D eigenvalue weighted by atomic mass is 9.74. The van der Waals surface area contributed by atoms with Gasteiger partial charge in [0.2, 0.25) is 0 Å². The molecule has 0 aliphatic heterocycles. The molecule has 0 aromatic carbocycles. The van der Waals surface area contributed by atoms with Crippen LogP contribution in [0.1, 0.15) is 105 Å². The van der Waals surface area contributed by atoms with Crippen molar-refractivity contribution < 1.29 is 0 Å². The van der Waals surface area contributed by atoms with E-state index >= 15 is 0 Å². The van der Waals surface area contributed by atoms with Crippen LogP contribution in [0.15, 0.2) is 48.9 Å². The van der Waals surface area contributed by atoms with E-state index in [0.717, 1.165) is 51.9 Å². The van der Waals surface area contributed by atoms with E-state index in [-0.39, 0.29) is 21.7 Å². The normalized spacial score (nSPS) is 13.5. The average Bonchev–Trinajstić information content (AvgIpc) is 2.80. The fraction of sp³-hybridized carbons (Fsp3) is 0.500. The zero-order chi connectivity index (χ0) is 26.5. The fourth-order valence-electron chi connectivity index (χ4n) is 4.82. The number of hydrogen-bond donors (Lipinski definition) is 0. The summed E-state index contributed by atoms with van der Waals surface area (Å²) in [5.41, 5.74) is 5.15. The largest absolute Gasteiger partial charge is 0.264 e. The Labute approximate surface area is 217 Å². The summed E-state index contributed by atoms with van der Waals surface area (Å²) < 4.78 is 0. The first-order valence-electron chi connectivity index (χ1n) is 13.1. The first-order chi connectivity index (χ1) is 16.6. The van der Waals surface area contributed by atoms with Crippen molar-refractivity contribution in [3.05, 3.63) is 71.7 Å². The predicted octanol–water partition coefficient (Wildman–Crippen LogP) is 8.20. The van der Waals surface area contributed by atoms with E-state index in [0.29, 0.717) is 0 Å². The summed E-state index contributed by atoms with van der Waals surface area (Å²) >= 11 is 0. The van der Waals surface area contributed by atoms with Gasteiger partial charge < -0.3 is 0 Å². The molecule has 0 radical (unpaired) electrons. The molecule has 0 bridgehead atoms. The Kier molecular flexibility index (Phi) is 6.47. The van der Waals surface area contributed by atoms with Crippen LogP contribution in [0.25, 0.3) is 21.7 Å². The van der Waals surface area contributed by atoms with E-state index < -0.39 is 0 Å². The fourth-order valence-corrected chi connectivity index (χ4v) is 4.82. The topological polar surface area (TPSA) is 51.6 Å². The molecule has 0 aliphatic rings. The number of fused-ring (bicyclic) bond motifs is 2. The third-order valence-electron chi connectivity index (χ3n) is 7.41. The minimum absolute atomic E-state index is 0.0199. The third-order valence-corrected chi connectivity index (χ3v) is 7.41. The predicted molar refractivity (Wildman–Crippen MR) is 152 cm³/mol. The SMILES string of the molecule is CC(C)(C)c1cc2ccncc2c(C(C)(C)CCC(C)(C)c2cc3cccnc3c(C(C)(C)C)n2)n1. The van der Waals surface area contributed by atoms with Crippen LogP contribution in [0.4, 0.5) is 0 Å². The highest BCUT2D eigenvalue weighted by molar-refractivity contribution is 5.85. The molecule has 4 rings (SSSR count). The summed E-state index contributed by atoms with van der Waals surface area (Å²) in [6, 6.07) is 10.7. The summed E-state index contributed by atoms with van der Waals surface area (Å²) in [4.78, 5) is 19.6. The molecule has 4 aromatic heterocycles. The van der Waals surface area contributed by atoms with Gasteiger partial charge in [0.1, 0.15) is 0 Å². The van der Waals surface area contributed by atoms with Gasteiger partial charge in [-0.3, -0.25) is 19.9 Å². The average molecular weight is 483 g/mol. The van der Waals surface area contributed by atoms with Crippen molar-refractivity contribution >= 4 is 21.7 Å². The highest BCUT2D eigenvalue weighted by Crippen LogP contribution is 2.40. The molecule has 0 N–H and O–H groups in total. The molecule has 4 nitrogen and oxygen atoms in total. The summed E-state index contributed by atoms with van der Waals surface area (Å²) in [6.07, 6.45) is 7.70. The lowest BCUT2D eigenvalue weighted by Crippen LogP contribution is -2.28. The summed E-state index contributed by atoms with van der Waals surface area (Å²) in [5, 5.41) is 3.53. The van der Waals surface area contributed by atoms with E-state index in [4.69, 9.17) is 9.97 Å². The highest BCUT2D eigenvalue weighted by atomic mass is 14.8. The number of aromatic nitrogens is 4. The van der Waals surface area contributed by atoms with E-state index in [9.17, 15) is 0 Å². The molecular weight excluding hydrogens is 440 g/mol. The molecule has 0 saturated carbocycles. The first-order valence-corrected chi connectivity index (χ1v) is 13.1. The van der Waals surface area contributed by atoms with Gasteiger partial charge in [-0.05, 0) is 42.5 Å². The lowest BCUT2D eigenvalue weighted by molar-refractivity contribution is 0.362. The number of pyridine rings is 4. The van der Waals surface area contributed by atoms with Crippen LogP contribution >= 0.6 is 0 Å². The van der Waals surface area contributed by atoms with Crippen molar-refractivity contribution in [2.75, 3.05) is 0 Å². The molecule has 4 heterocycles. The van der Waals surface area contributed by atoms with Crippen molar-refractivity contribution in [2.24, 2.45) is 0 Å². The smallest absolute Gasteiger partial charge is 0.0922 e. The quantitative estimate of drug-likeness (QED) is 0.288. The van der Waals surface area contributed by atoms with Gasteiger partial charge in [0, 0.05) is 62.4 Å². The molecular formula is C32H42N4. The second-order valence-electron chi connectivity index (χ2n) is 13.7. The van der Waals surface area contributed by atoms with Crippen molar-refractivity contribution in [3.63, 3.8) is 0 Å². The van der Waals surface area contributed by atoms with Crippen LogP contribution in [0.2, 0.25) is 0 Å². The van der Waals surface area contributed by atoms with Gasteiger partial charge >= 0.3 is 0 Å². The molecule has 0 atom stereocenters. The molecule has 0 fully saturated rings. The maximum absolute atomic E-state index is 5.24. The Balaban J connectivity index is 1.72. The standard InChI is InChI=1S/C32H42N4/c1-29(2,3)24-18-21-13-17-33-20-23(21)27(35-24)32(9,10)15-14-31(7,8)25-19-22-12-11-16-34-26(22)28(36-25)30(4,5)6/h11-13,16-20H,14-15H2,1-10H3. The van der Waals surface area contributed by atoms with Gasteiger partial charge in [-0.1, -0.05) is 75.3 Å². The summed E-state index contributed by atoms with van der Waals surface area (Å²) in [5.74, 6) is 0. The van der Waals surface area contributed by atoms with Crippen LogP contribution in [-0.4, -0.2) is 19.9 Å². The maximum Gasteiger partial charge on any atom is 0.0922 e.